The van der Waals surface area contributed by atoms with E-state index in [2.05, 4.69) is 39.8 Å². The van der Waals surface area contributed by atoms with Crippen LogP contribution in [0.1, 0.15) is 111 Å². The molecule has 4 N–H and O–H groups in total. The highest BCUT2D eigenvalue weighted by Crippen LogP contribution is 2.33. The lowest BCUT2D eigenvalue weighted by Crippen LogP contribution is -2.46. The van der Waals surface area contributed by atoms with Crippen LogP contribution in [0.5, 0.6) is 0 Å². The Kier molecular flexibility index (Phi) is 14.2. The minimum Gasteiger partial charge on any atom is -0.427 e. The summed E-state index contributed by atoms with van der Waals surface area (Å²) in [5, 5.41) is 40.9. The van der Waals surface area contributed by atoms with E-state index in [1.807, 2.05) is 13.0 Å². The third-order valence-electron chi connectivity index (χ3n) is 8.12. The highest BCUT2D eigenvalue weighted by molar-refractivity contribution is 5.26. The summed E-state index contributed by atoms with van der Waals surface area (Å²) < 4.78 is 11.2. The molecule has 41 heavy (non-hydrogen) atoms. The minimum atomic E-state index is -1.32. The Morgan fingerprint density at radius 2 is 1.83 bits per heavy atom. The van der Waals surface area contributed by atoms with Crippen molar-refractivity contribution in [3.8, 4) is 0 Å². The SMILES string of the molecule is CCCCCCC(C)C/C(C)=C\C(C)/C=C(C)/C=C/C(O)C(C)(C)c1ccc([C@@H]2O[C@H](CO)C[C@H](O)[C@H]2O)c(=O)o1. The second-order valence-electron chi connectivity index (χ2n) is 12.7. The van der Waals surface area contributed by atoms with Gasteiger partial charge in [-0.2, -0.15) is 0 Å². The predicted octanol–water partition coefficient (Wildman–Crippen LogP) is 5.90. The fraction of sp³-hybridized carbons (Fsp3) is 0.676. The lowest BCUT2D eigenvalue weighted by molar-refractivity contribution is -0.180. The summed E-state index contributed by atoms with van der Waals surface area (Å²) in [5.74, 6) is 1.24. The topological polar surface area (TPSA) is 120 Å². The van der Waals surface area contributed by atoms with Crippen molar-refractivity contribution in [3.05, 3.63) is 69.3 Å². The van der Waals surface area contributed by atoms with Gasteiger partial charge in [0.2, 0.25) is 0 Å². The van der Waals surface area contributed by atoms with Crippen LogP contribution in [0.25, 0.3) is 0 Å². The lowest BCUT2D eigenvalue weighted by Gasteiger charge is -2.36. The van der Waals surface area contributed by atoms with E-state index >= 15 is 0 Å². The van der Waals surface area contributed by atoms with Gasteiger partial charge < -0.3 is 29.6 Å². The van der Waals surface area contributed by atoms with E-state index in [0.717, 1.165) is 12.0 Å². The molecule has 7 atom stereocenters. The van der Waals surface area contributed by atoms with Crippen molar-refractivity contribution in [2.75, 3.05) is 6.61 Å². The van der Waals surface area contributed by atoms with Crippen molar-refractivity contribution < 1.29 is 29.6 Å². The van der Waals surface area contributed by atoms with Crippen LogP contribution in [-0.4, -0.2) is 51.4 Å². The summed E-state index contributed by atoms with van der Waals surface area (Å²) in [5.41, 5.74) is 0.857. The Morgan fingerprint density at radius 3 is 2.46 bits per heavy atom. The fourth-order valence-electron chi connectivity index (χ4n) is 5.55. The van der Waals surface area contributed by atoms with Crippen LogP contribution in [0.3, 0.4) is 0 Å². The van der Waals surface area contributed by atoms with E-state index in [9.17, 15) is 25.2 Å². The highest BCUT2D eigenvalue weighted by atomic mass is 16.5. The van der Waals surface area contributed by atoms with Gasteiger partial charge in [0.1, 0.15) is 18.0 Å². The molecule has 232 valence electrons. The normalized spacial score (nSPS) is 25.0. The number of unbranched alkanes of at least 4 members (excludes halogenated alkanes) is 3. The van der Waals surface area contributed by atoms with Crippen molar-refractivity contribution in [2.45, 2.75) is 129 Å². The lowest BCUT2D eigenvalue weighted by atomic mass is 9.82. The molecule has 1 fully saturated rings. The summed E-state index contributed by atoms with van der Waals surface area (Å²) in [6.07, 6.45) is 10.6. The maximum Gasteiger partial charge on any atom is 0.341 e. The molecule has 0 spiro atoms. The molecule has 1 saturated heterocycles. The molecule has 0 aliphatic carbocycles. The van der Waals surface area contributed by atoms with Crippen molar-refractivity contribution in [1.29, 1.82) is 0 Å². The minimum absolute atomic E-state index is 0.0567. The third-order valence-corrected chi connectivity index (χ3v) is 8.12. The molecular weight excluding hydrogens is 520 g/mol. The molecule has 1 aromatic rings. The Morgan fingerprint density at radius 1 is 1.12 bits per heavy atom. The molecule has 2 heterocycles. The number of ether oxygens (including phenoxy) is 1. The molecule has 1 aliphatic heterocycles. The number of allylic oxidation sites excluding steroid dienone is 5. The Hall–Kier alpha value is -2.03. The molecule has 3 unspecified atom stereocenters. The van der Waals surface area contributed by atoms with Gasteiger partial charge >= 0.3 is 5.63 Å². The first-order valence-electron chi connectivity index (χ1n) is 15.3. The first-order chi connectivity index (χ1) is 19.3. The predicted molar refractivity (Wildman–Crippen MR) is 164 cm³/mol. The van der Waals surface area contributed by atoms with Crippen molar-refractivity contribution in [2.24, 2.45) is 11.8 Å². The number of rotatable bonds is 15. The Balaban J connectivity index is 2.04. The largest absolute Gasteiger partial charge is 0.427 e. The molecular formula is C34H54O7. The first-order valence-corrected chi connectivity index (χ1v) is 15.3. The number of hydrogen-bond donors (Lipinski definition) is 4. The first kappa shape index (κ1) is 35.2. The van der Waals surface area contributed by atoms with Gasteiger partial charge in [-0.3, -0.25) is 0 Å². The zero-order chi connectivity index (χ0) is 30.7. The quantitative estimate of drug-likeness (QED) is 0.117. The average Bonchev–Trinajstić information content (AvgIpc) is 2.91. The van der Waals surface area contributed by atoms with Gasteiger partial charge in [0.15, 0.2) is 0 Å². The molecule has 0 amide bonds. The highest BCUT2D eigenvalue weighted by Gasteiger charge is 2.39. The summed E-state index contributed by atoms with van der Waals surface area (Å²) in [6, 6.07) is 3.08. The van der Waals surface area contributed by atoms with Crippen molar-refractivity contribution >= 4 is 0 Å². The van der Waals surface area contributed by atoms with Crippen LogP contribution in [0.15, 0.2) is 56.8 Å². The maximum absolute atomic E-state index is 12.9. The van der Waals surface area contributed by atoms with Gasteiger partial charge in [0.25, 0.3) is 0 Å². The van der Waals surface area contributed by atoms with Crippen LogP contribution < -0.4 is 5.63 Å². The van der Waals surface area contributed by atoms with Crippen LogP contribution in [0.2, 0.25) is 0 Å². The molecule has 1 aliphatic rings. The zero-order valence-corrected chi connectivity index (χ0v) is 26.2. The molecule has 2 rings (SSSR count). The van der Waals surface area contributed by atoms with E-state index in [4.69, 9.17) is 9.15 Å². The third kappa shape index (κ3) is 10.6. The zero-order valence-electron chi connectivity index (χ0n) is 26.2. The maximum atomic E-state index is 12.9. The Labute approximate surface area is 246 Å². The second-order valence-corrected chi connectivity index (χ2v) is 12.7. The van der Waals surface area contributed by atoms with Gasteiger partial charge in [-0.15, -0.1) is 0 Å². The number of hydrogen-bond acceptors (Lipinski definition) is 7. The van der Waals surface area contributed by atoms with Crippen LogP contribution >= 0.6 is 0 Å². The molecule has 0 bridgehead atoms. The van der Waals surface area contributed by atoms with E-state index in [1.54, 1.807) is 26.0 Å². The van der Waals surface area contributed by atoms with E-state index in [0.29, 0.717) is 5.92 Å². The molecule has 7 heteroatoms. The van der Waals surface area contributed by atoms with Crippen molar-refractivity contribution in [3.63, 3.8) is 0 Å². The second kappa shape index (κ2) is 16.6. The summed E-state index contributed by atoms with van der Waals surface area (Å²) in [6.45, 7) is 14.2. The van der Waals surface area contributed by atoms with E-state index in [1.165, 1.54) is 43.7 Å². The molecule has 1 aromatic heterocycles. The van der Waals surface area contributed by atoms with Gasteiger partial charge in [-0.25, -0.2) is 4.79 Å². The molecule has 0 saturated carbocycles. The van der Waals surface area contributed by atoms with Gasteiger partial charge in [0, 0.05) is 6.42 Å². The Bertz CT molecular complexity index is 1080. The molecule has 0 radical (unpaired) electrons. The molecule has 0 aromatic carbocycles. The summed E-state index contributed by atoms with van der Waals surface area (Å²) >= 11 is 0. The monoisotopic (exact) mass is 574 g/mol. The van der Waals surface area contributed by atoms with Gasteiger partial charge in [-0.1, -0.05) is 88.3 Å². The van der Waals surface area contributed by atoms with Crippen LogP contribution in [0.4, 0.5) is 0 Å². The van der Waals surface area contributed by atoms with Gasteiger partial charge in [0.05, 0.1) is 35.9 Å². The van der Waals surface area contributed by atoms with E-state index in [-0.39, 0.29) is 30.3 Å². The van der Waals surface area contributed by atoms with Crippen LogP contribution in [0, 0.1) is 11.8 Å². The number of aliphatic hydroxyl groups is 4. The summed E-state index contributed by atoms with van der Waals surface area (Å²) in [7, 11) is 0. The van der Waals surface area contributed by atoms with Crippen molar-refractivity contribution in [1.82, 2.24) is 0 Å². The van der Waals surface area contributed by atoms with E-state index < -0.39 is 41.6 Å². The standard InChI is InChI=1S/C34H54O7/c1-8-9-10-11-12-22(2)17-24(4)19-25(5)18-23(3)13-15-29(37)34(6,7)30-16-14-27(33(39)41-30)32-31(38)28(36)20-26(21-35)40-32/h13-16,18-19,22,25-26,28-29,31-32,35-38H,8-12,17,20-21H2,1-7H3/b15-13+,23-18+,24-19-/t22?,25?,26-,28-,29?,31+,32-/m0/s1. The smallest absolute Gasteiger partial charge is 0.341 e. The average molecular weight is 575 g/mol. The molecule has 7 nitrogen and oxygen atoms in total. The number of aliphatic hydroxyl groups excluding tert-OH is 4. The summed E-state index contributed by atoms with van der Waals surface area (Å²) in [4.78, 5) is 12.9. The van der Waals surface area contributed by atoms with Crippen LogP contribution in [-0.2, 0) is 10.2 Å². The van der Waals surface area contributed by atoms with Gasteiger partial charge in [-0.05, 0) is 58.1 Å². The fourth-order valence-corrected chi connectivity index (χ4v) is 5.55.